The Morgan fingerprint density at radius 3 is 2.25 bits per heavy atom. The molecule has 0 N–H and O–H groups in total. The SMILES string of the molecule is CCCCCN(C)C(C)(C)CBr. The summed E-state index contributed by atoms with van der Waals surface area (Å²) in [5, 5.41) is 1.04. The Morgan fingerprint density at radius 2 is 1.83 bits per heavy atom. The molecule has 0 amide bonds. The van der Waals surface area contributed by atoms with E-state index in [1.54, 1.807) is 0 Å². The van der Waals surface area contributed by atoms with Crippen LogP contribution in [0.4, 0.5) is 0 Å². The van der Waals surface area contributed by atoms with Gasteiger partial charge in [0.15, 0.2) is 0 Å². The molecule has 0 aliphatic carbocycles. The lowest BCUT2D eigenvalue weighted by atomic mass is 10.1. The third-order valence-corrected chi connectivity index (χ3v) is 3.83. The second kappa shape index (κ2) is 5.98. The smallest absolute Gasteiger partial charge is 0.0246 e. The maximum Gasteiger partial charge on any atom is 0.0246 e. The zero-order chi connectivity index (χ0) is 9.61. The standard InChI is InChI=1S/C10H22BrN/c1-5-6-7-8-12(4)10(2,3)9-11/h5-9H2,1-4H3. The summed E-state index contributed by atoms with van der Waals surface area (Å²) in [6, 6.07) is 0. The fourth-order valence-corrected chi connectivity index (χ4v) is 1.43. The molecule has 1 nitrogen and oxygen atoms in total. The predicted octanol–water partition coefficient (Wildman–Crippen LogP) is 3.28. The van der Waals surface area contributed by atoms with E-state index in [4.69, 9.17) is 0 Å². The van der Waals surface area contributed by atoms with Crippen LogP contribution >= 0.6 is 15.9 Å². The second-order valence-corrected chi connectivity index (χ2v) is 4.64. The molecule has 12 heavy (non-hydrogen) atoms. The lowest BCUT2D eigenvalue weighted by molar-refractivity contribution is 0.178. The van der Waals surface area contributed by atoms with E-state index < -0.39 is 0 Å². The minimum Gasteiger partial charge on any atom is -0.300 e. The van der Waals surface area contributed by atoms with Gasteiger partial charge in [-0.3, -0.25) is 0 Å². The van der Waals surface area contributed by atoms with Crippen molar-refractivity contribution in [3.05, 3.63) is 0 Å². The fraction of sp³-hybridized carbons (Fsp3) is 1.00. The molecule has 0 bridgehead atoms. The minimum atomic E-state index is 0.299. The number of unbranched alkanes of at least 4 members (excludes halogenated alkanes) is 2. The number of hydrogen-bond donors (Lipinski definition) is 0. The van der Waals surface area contributed by atoms with Gasteiger partial charge in [-0.2, -0.15) is 0 Å². The van der Waals surface area contributed by atoms with E-state index in [1.807, 2.05) is 0 Å². The van der Waals surface area contributed by atoms with Crippen LogP contribution in [0.5, 0.6) is 0 Å². The normalized spacial score (nSPS) is 12.5. The van der Waals surface area contributed by atoms with Crippen LogP contribution in [0.1, 0.15) is 40.0 Å². The van der Waals surface area contributed by atoms with Gasteiger partial charge in [0.25, 0.3) is 0 Å². The van der Waals surface area contributed by atoms with Crippen molar-refractivity contribution in [2.24, 2.45) is 0 Å². The summed E-state index contributed by atoms with van der Waals surface area (Å²) in [6.45, 7) is 8.00. The molecular weight excluding hydrogens is 214 g/mol. The van der Waals surface area contributed by atoms with Gasteiger partial charge in [0.05, 0.1) is 0 Å². The predicted molar refractivity (Wildman–Crippen MR) is 60.0 cm³/mol. The highest BCUT2D eigenvalue weighted by atomic mass is 79.9. The highest BCUT2D eigenvalue weighted by Crippen LogP contribution is 2.15. The summed E-state index contributed by atoms with van der Waals surface area (Å²) in [4.78, 5) is 2.43. The molecule has 0 unspecified atom stereocenters. The molecule has 0 fully saturated rings. The topological polar surface area (TPSA) is 3.24 Å². The number of hydrogen-bond acceptors (Lipinski definition) is 1. The van der Waals surface area contributed by atoms with Crippen LogP contribution in [0, 0.1) is 0 Å². The number of alkyl halides is 1. The summed E-state index contributed by atoms with van der Waals surface area (Å²) >= 11 is 3.54. The molecule has 0 aromatic carbocycles. The van der Waals surface area contributed by atoms with Crippen LogP contribution < -0.4 is 0 Å². The number of nitrogens with zero attached hydrogens (tertiary/aromatic N) is 1. The van der Waals surface area contributed by atoms with Gasteiger partial charge in [0, 0.05) is 10.9 Å². The first-order valence-corrected chi connectivity index (χ1v) is 5.94. The Kier molecular flexibility index (Phi) is 6.20. The molecule has 0 aromatic heterocycles. The van der Waals surface area contributed by atoms with Crippen LogP contribution in [-0.2, 0) is 0 Å². The van der Waals surface area contributed by atoms with Crippen molar-refractivity contribution in [3.8, 4) is 0 Å². The second-order valence-electron chi connectivity index (χ2n) is 4.07. The van der Waals surface area contributed by atoms with E-state index in [-0.39, 0.29) is 0 Å². The minimum absolute atomic E-state index is 0.299. The Balaban J connectivity index is 3.63. The Morgan fingerprint density at radius 1 is 1.25 bits per heavy atom. The lowest BCUT2D eigenvalue weighted by Crippen LogP contribution is -2.43. The molecule has 0 aromatic rings. The molecule has 0 spiro atoms. The van der Waals surface area contributed by atoms with Crippen molar-refractivity contribution in [2.45, 2.75) is 45.6 Å². The zero-order valence-corrected chi connectivity index (χ0v) is 10.4. The van der Waals surface area contributed by atoms with Gasteiger partial charge in [-0.05, 0) is 33.9 Å². The average Bonchev–Trinajstić information content (AvgIpc) is 2.05. The van der Waals surface area contributed by atoms with Gasteiger partial charge in [0.1, 0.15) is 0 Å². The summed E-state index contributed by atoms with van der Waals surface area (Å²) < 4.78 is 0. The molecule has 74 valence electrons. The molecule has 0 saturated heterocycles. The molecule has 0 atom stereocenters. The Hall–Kier alpha value is 0.440. The first-order valence-electron chi connectivity index (χ1n) is 4.81. The average molecular weight is 236 g/mol. The molecule has 0 heterocycles. The van der Waals surface area contributed by atoms with E-state index in [0.717, 1.165) is 5.33 Å². The highest BCUT2D eigenvalue weighted by Gasteiger charge is 2.20. The van der Waals surface area contributed by atoms with Crippen molar-refractivity contribution >= 4 is 15.9 Å². The fourth-order valence-electron chi connectivity index (χ4n) is 1.00. The van der Waals surface area contributed by atoms with E-state index in [2.05, 4.69) is 48.6 Å². The van der Waals surface area contributed by atoms with Gasteiger partial charge in [0.2, 0.25) is 0 Å². The van der Waals surface area contributed by atoms with Gasteiger partial charge in [-0.1, -0.05) is 35.7 Å². The maximum absolute atomic E-state index is 3.54. The summed E-state index contributed by atoms with van der Waals surface area (Å²) in [5.74, 6) is 0. The molecule has 0 saturated carbocycles. The largest absolute Gasteiger partial charge is 0.300 e. The van der Waals surface area contributed by atoms with E-state index in [0.29, 0.717) is 5.54 Å². The Bertz CT molecular complexity index is 112. The van der Waals surface area contributed by atoms with Crippen molar-refractivity contribution in [2.75, 3.05) is 18.9 Å². The molecule has 0 rings (SSSR count). The quantitative estimate of drug-likeness (QED) is 0.505. The van der Waals surface area contributed by atoms with Gasteiger partial charge in [-0.25, -0.2) is 0 Å². The van der Waals surface area contributed by atoms with E-state index in [1.165, 1.54) is 25.8 Å². The zero-order valence-electron chi connectivity index (χ0n) is 8.86. The number of halogens is 1. The summed E-state index contributed by atoms with van der Waals surface area (Å²) in [7, 11) is 2.21. The van der Waals surface area contributed by atoms with Crippen LogP contribution in [0.25, 0.3) is 0 Å². The van der Waals surface area contributed by atoms with E-state index in [9.17, 15) is 0 Å². The van der Waals surface area contributed by atoms with Crippen molar-refractivity contribution < 1.29 is 0 Å². The van der Waals surface area contributed by atoms with Crippen LogP contribution in [0.2, 0.25) is 0 Å². The van der Waals surface area contributed by atoms with Crippen LogP contribution in [0.3, 0.4) is 0 Å². The Labute approximate surface area is 85.7 Å². The van der Waals surface area contributed by atoms with Crippen LogP contribution in [-0.4, -0.2) is 29.4 Å². The van der Waals surface area contributed by atoms with Crippen molar-refractivity contribution in [1.29, 1.82) is 0 Å². The third kappa shape index (κ3) is 4.46. The maximum atomic E-state index is 3.54. The van der Waals surface area contributed by atoms with Crippen molar-refractivity contribution in [1.82, 2.24) is 4.90 Å². The summed E-state index contributed by atoms with van der Waals surface area (Å²) in [5.41, 5.74) is 0.299. The summed E-state index contributed by atoms with van der Waals surface area (Å²) in [6.07, 6.45) is 3.98. The molecule has 2 heteroatoms. The van der Waals surface area contributed by atoms with Crippen LogP contribution in [0.15, 0.2) is 0 Å². The first-order chi connectivity index (χ1) is 5.54. The van der Waals surface area contributed by atoms with Gasteiger partial charge < -0.3 is 4.90 Å². The molecule has 0 radical (unpaired) electrons. The molecule has 0 aliphatic heterocycles. The monoisotopic (exact) mass is 235 g/mol. The van der Waals surface area contributed by atoms with E-state index >= 15 is 0 Å². The molecular formula is C10H22BrN. The third-order valence-electron chi connectivity index (χ3n) is 2.46. The molecule has 0 aliphatic rings. The van der Waals surface area contributed by atoms with Crippen molar-refractivity contribution in [3.63, 3.8) is 0 Å². The van der Waals surface area contributed by atoms with Gasteiger partial charge in [-0.15, -0.1) is 0 Å². The first kappa shape index (κ1) is 12.4. The number of rotatable bonds is 6. The van der Waals surface area contributed by atoms with Gasteiger partial charge >= 0.3 is 0 Å². The highest BCUT2D eigenvalue weighted by molar-refractivity contribution is 9.09. The lowest BCUT2D eigenvalue weighted by Gasteiger charge is -2.34.